The number of esters is 1. The van der Waals surface area contributed by atoms with E-state index in [0.29, 0.717) is 36.5 Å². The van der Waals surface area contributed by atoms with Gasteiger partial charge in [-0.3, -0.25) is 9.59 Å². The second kappa shape index (κ2) is 6.30. The summed E-state index contributed by atoms with van der Waals surface area (Å²) < 4.78 is 5.65. The molecule has 0 radical (unpaired) electrons. The SMILES string of the molecule is CC(=O)O[C@@]1(C(C)=O)CC[C@@]2(C)[C@H](CC[C@@H]3[C@@H]2CC[C@]2(C)[C@@H](O)CC[C@@H]32)C1. The van der Waals surface area contributed by atoms with E-state index < -0.39 is 5.60 Å². The summed E-state index contributed by atoms with van der Waals surface area (Å²) in [6.45, 7) is 7.77. The van der Waals surface area contributed by atoms with Crippen LogP contribution in [0, 0.1) is 34.5 Å². The zero-order chi connectivity index (χ0) is 19.6. The molecule has 0 aliphatic heterocycles. The number of carbonyl (C=O) groups excluding carboxylic acids is 2. The van der Waals surface area contributed by atoms with Gasteiger partial charge in [0, 0.05) is 6.92 Å². The Kier molecular flexibility index (Phi) is 4.53. The van der Waals surface area contributed by atoms with Crippen LogP contribution in [0.5, 0.6) is 0 Å². The molecule has 0 amide bonds. The van der Waals surface area contributed by atoms with Crippen LogP contribution in [0.1, 0.15) is 85.5 Å². The molecule has 8 atom stereocenters. The number of carbonyl (C=O) groups is 2. The minimum atomic E-state index is -0.893. The van der Waals surface area contributed by atoms with Gasteiger partial charge in [-0.25, -0.2) is 0 Å². The molecule has 4 rings (SSSR count). The first-order valence-electron chi connectivity index (χ1n) is 11.0. The van der Waals surface area contributed by atoms with E-state index in [1.807, 2.05) is 0 Å². The first kappa shape index (κ1) is 19.4. The maximum absolute atomic E-state index is 12.4. The summed E-state index contributed by atoms with van der Waals surface area (Å²) >= 11 is 0. The second-order valence-electron chi connectivity index (χ2n) is 10.6. The van der Waals surface area contributed by atoms with Gasteiger partial charge >= 0.3 is 5.97 Å². The minimum Gasteiger partial charge on any atom is -0.451 e. The van der Waals surface area contributed by atoms with Gasteiger partial charge in [-0.05, 0) is 99.2 Å². The molecule has 0 spiro atoms. The average molecular weight is 377 g/mol. The molecule has 0 bridgehead atoms. The molecule has 0 aromatic carbocycles. The van der Waals surface area contributed by atoms with Crippen molar-refractivity contribution >= 4 is 11.8 Å². The lowest BCUT2D eigenvalue weighted by molar-refractivity contribution is -0.187. The average Bonchev–Trinajstić information content (AvgIpc) is 2.90. The zero-order valence-corrected chi connectivity index (χ0v) is 17.4. The van der Waals surface area contributed by atoms with Crippen LogP contribution < -0.4 is 0 Å². The summed E-state index contributed by atoms with van der Waals surface area (Å²) in [4.78, 5) is 24.1. The summed E-state index contributed by atoms with van der Waals surface area (Å²) in [5, 5.41) is 10.6. The van der Waals surface area contributed by atoms with Gasteiger partial charge in [0.25, 0.3) is 0 Å². The third kappa shape index (κ3) is 2.73. The number of Topliss-reactive ketones (excluding diaryl/α,β-unsaturated/α-hetero) is 1. The summed E-state index contributed by atoms with van der Waals surface area (Å²) in [5.74, 6) is 2.17. The Morgan fingerprint density at radius 2 is 1.59 bits per heavy atom. The van der Waals surface area contributed by atoms with Crippen LogP contribution >= 0.6 is 0 Å². The van der Waals surface area contributed by atoms with E-state index in [0.717, 1.165) is 25.7 Å². The maximum atomic E-state index is 12.4. The third-order valence-electron chi connectivity index (χ3n) is 9.64. The molecule has 0 saturated heterocycles. The molecular formula is C23H36O4. The van der Waals surface area contributed by atoms with E-state index in [1.54, 1.807) is 6.92 Å². The van der Waals surface area contributed by atoms with Crippen LogP contribution in [0.25, 0.3) is 0 Å². The lowest BCUT2D eigenvalue weighted by Crippen LogP contribution is -2.58. The number of ketones is 1. The van der Waals surface area contributed by atoms with E-state index in [2.05, 4.69) is 13.8 Å². The van der Waals surface area contributed by atoms with E-state index in [4.69, 9.17) is 4.74 Å². The highest BCUT2D eigenvalue weighted by Gasteiger charge is 2.62. The lowest BCUT2D eigenvalue weighted by Gasteiger charge is -2.61. The smallest absolute Gasteiger partial charge is 0.303 e. The van der Waals surface area contributed by atoms with Crippen molar-refractivity contribution in [3.05, 3.63) is 0 Å². The Morgan fingerprint density at radius 3 is 2.26 bits per heavy atom. The standard InChI is InChI=1S/C23H36O4/c1-14(24)23(27-15(2)25)12-11-21(3)16(13-23)5-6-17-18-7-8-20(26)22(18,4)10-9-19(17)21/h16-20,26H,5-13H2,1-4H3/t16-,17+,18+,19+,20+,21+,22+,23+/m1/s1. The highest BCUT2D eigenvalue weighted by molar-refractivity contribution is 5.87. The van der Waals surface area contributed by atoms with E-state index in [1.165, 1.54) is 26.2 Å². The molecular weight excluding hydrogens is 340 g/mol. The van der Waals surface area contributed by atoms with Crippen LogP contribution in [0.3, 0.4) is 0 Å². The van der Waals surface area contributed by atoms with Gasteiger partial charge in [0.1, 0.15) is 0 Å². The Hall–Kier alpha value is -0.900. The van der Waals surface area contributed by atoms with Crippen molar-refractivity contribution in [1.82, 2.24) is 0 Å². The Morgan fingerprint density at radius 1 is 0.889 bits per heavy atom. The Bertz CT molecular complexity index is 644. The van der Waals surface area contributed by atoms with Crippen molar-refractivity contribution in [2.75, 3.05) is 0 Å². The van der Waals surface area contributed by atoms with Crippen LogP contribution in [0.15, 0.2) is 0 Å². The predicted octanol–water partition coefficient (Wildman–Crippen LogP) is 4.28. The summed E-state index contributed by atoms with van der Waals surface area (Å²) in [6, 6.07) is 0. The van der Waals surface area contributed by atoms with E-state index >= 15 is 0 Å². The fourth-order valence-electron chi connectivity index (χ4n) is 7.96. The highest BCUT2D eigenvalue weighted by Crippen LogP contribution is 2.67. The number of fused-ring (bicyclic) bond motifs is 5. The summed E-state index contributed by atoms with van der Waals surface area (Å²) in [6.07, 6.45) is 8.99. The normalized spacial score (nSPS) is 51.7. The van der Waals surface area contributed by atoms with Gasteiger partial charge in [0.15, 0.2) is 11.4 Å². The number of rotatable bonds is 2. The highest BCUT2D eigenvalue weighted by atomic mass is 16.6. The van der Waals surface area contributed by atoms with E-state index in [-0.39, 0.29) is 28.7 Å². The molecule has 4 heteroatoms. The van der Waals surface area contributed by atoms with Gasteiger partial charge in [0.2, 0.25) is 0 Å². The molecule has 0 aromatic heterocycles. The molecule has 0 aromatic rings. The molecule has 152 valence electrons. The molecule has 4 fully saturated rings. The lowest BCUT2D eigenvalue weighted by atomic mass is 9.44. The number of hydrogen-bond donors (Lipinski definition) is 1. The largest absolute Gasteiger partial charge is 0.451 e. The molecule has 0 unspecified atom stereocenters. The Balaban J connectivity index is 1.59. The monoisotopic (exact) mass is 376 g/mol. The summed E-state index contributed by atoms with van der Waals surface area (Å²) in [5.41, 5.74) is -0.549. The van der Waals surface area contributed by atoms with Crippen LogP contribution in [0.4, 0.5) is 0 Å². The first-order chi connectivity index (χ1) is 12.6. The number of hydrogen-bond acceptors (Lipinski definition) is 4. The second-order valence-corrected chi connectivity index (χ2v) is 10.6. The van der Waals surface area contributed by atoms with Gasteiger partial charge in [-0.2, -0.15) is 0 Å². The van der Waals surface area contributed by atoms with Crippen molar-refractivity contribution in [3.63, 3.8) is 0 Å². The number of aliphatic hydroxyl groups excluding tert-OH is 1. The van der Waals surface area contributed by atoms with Crippen molar-refractivity contribution in [3.8, 4) is 0 Å². The molecule has 1 N–H and O–H groups in total. The van der Waals surface area contributed by atoms with E-state index in [9.17, 15) is 14.7 Å². The third-order valence-corrected chi connectivity index (χ3v) is 9.64. The molecule has 0 heterocycles. The van der Waals surface area contributed by atoms with Crippen LogP contribution in [0.2, 0.25) is 0 Å². The van der Waals surface area contributed by atoms with Gasteiger partial charge in [-0.15, -0.1) is 0 Å². The van der Waals surface area contributed by atoms with Crippen molar-refractivity contribution in [1.29, 1.82) is 0 Å². The fourth-order valence-corrected chi connectivity index (χ4v) is 7.96. The minimum absolute atomic E-state index is 0.0111. The van der Waals surface area contributed by atoms with Crippen LogP contribution in [-0.4, -0.2) is 28.6 Å². The van der Waals surface area contributed by atoms with Crippen LogP contribution in [-0.2, 0) is 14.3 Å². The molecule has 4 aliphatic carbocycles. The molecule has 4 aliphatic rings. The zero-order valence-electron chi connectivity index (χ0n) is 17.4. The number of aliphatic hydroxyl groups is 1. The topological polar surface area (TPSA) is 63.6 Å². The van der Waals surface area contributed by atoms with Crippen molar-refractivity contribution < 1.29 is 19.4 Å². The molecule has 27 heavy (non-hydrogen) atoms. The first-order valence-corrected chi connectivity index (χ1v) is 11.0. The van der Waals surface area contributed by atoms with Crippen molar-refractivity contribution in [2.45, 2.75) is 97.2 Å². The fraction of sp³-hybridized carbons (Fsp3) is 0.913. The maximum Gasteiger partial charge on any atom is 0.303 e. The molecule has 4 nitrogen and oxygen atoms in total. The number of ether oxygens (including phenoxy) is 1. The predicted molar refractivity (Wildman–Crippen MR) is 103 cm³/mol. The van der Waals surface area contributed by atoms with Gasteiger partial charge in [0.05, 0.1) is 6.10 Å². The quantitative estimate of drug-likeness (QED) is 0.731. The van der Waals surface area contributed by atoms with Crippen molar-refractivity contribution in [2.24, 2.45) is 34.5 Å². The molecule has 4 saturated carbocycles. The summed E-state index contributed by atoms with van der Waals surface area (Å²) in [7, 11) is 0. The van der Waals surface area contributed by atoms with Gasteiger partial charge < -0.3 is 9.84 Å². The van der Waals surface area contributed by atoms with Gasteiger partial charge in [-0.1, -0.05) is 13.8 Å². The Labute approximate surface area is 163 Å².